The van der Waals surface area contributed by atoms with Crippen molar-refractivity contribution < 1.29 is 14.6 Å². The maximum Gasteiger partial charge on any atom is 0.306 e. The van der Waals surface area contributed by atoms with E-state index in [1.807, 2.05) is 0 Å². The summed E-state index contributed by atoms with van der Waals surface area (Å²) >= 11 is 0. The molecule has 0 radical (unpaired) electrons. The van der Waals surface area contributed by atoms with E-state index < -0.39 is 5.60 Å². The number of hydrogen-bond donors (Lipinski definition) is 1. The lowest BCUT2D eigenvalue weighted by Gasteiger charge is -2.16. The number of aliphatic hydroxyl groups is 1. The fraction of sp³-hybridized carbons (Fsp3) is 0.889. The van der Waals surface area contributed by atoms with Gasteiger partial charge in [-0.2, -0.15) is 0 Å². The van der Waals surface area contributed by atoms with Gasteiger partial charge >= 0.3 is 5.97 Å². The Labute approximate surface area is 188 Å². The molecule has 0 aliphatic carbocycles. The minimum absolute atomic E-state index is 0.171. The maximum atomic E-state index is 11.7. The van der Waals surface area contributed by atoms with Crippen LogP contribution in [0.15, 0.2) is 11.6 Å². The summed E-state index contributed by atoms with van der Waals surface area (Å²) in [6, 6.07) is 0. The molecule has 2 unspecified atom stereocenters. The SMILES string of the molecule is CC(=CCCC(=O)OCCC(C)(C)O)CCCC(C)CCCC(C)CCCC(C)C. The lowest BCUT2D eigenvalue weighted by atomic mass is 9.91. The third-order valence-electron chi connectivity index (χ3n) is 5.96. The van der Waals surface area contributed by atoms with Crippen molar-refractivity contribution in [2.45, 2.75) is 131 Å². The van der Waals surface area contributed by atoms with E-state index >= 15 is 0 Å². The minimum atomic E-state index is -0.778. The minimum Gasteiger partial charge on any atom is -0.466 e. The highest BCUT2D eigenvalue weighted by molar-refractivity contribution is 5.69. The Morgan fingerprint density at radius 1 is 0.900 bits per heavy atom. The fourth-order valence-corrected chi connectivity index (χ4v) is 3.73. The van der Waals surface area contributed by atoms with Crippen LogP contribution >= 0.6 is 0 Å². The molecular weight excluding hydrogens is 372 g/mol. The van der Waals surface area contributed by atoms with Crippen molar-refractivity contribution >= 4 is 5.97 Å². The topological polar surface area (TPSA) is 46.5 Å². The smallest absolute Gasteiger partial charge is 0.306 e. The van der Waals surface area contributed by atoms with Crippen LogP contribution in [0.4, 0.5) is 0 Å². The van der Waals surface area contributed by atoms with Crippen LogP contribution in [-0.4, -0.2) is 23.3 Å². The van der Waals surface area contributed by atoms with Gasteiger partial charge in [0.15, 0.2) is 0 Å². The number of ether oxygens (including phenoxy) is 1. The number of allylic oxidation sites excluding steroid dienone is 2. The van der Waals surface area contributed by atoms with E-state index in [0.717, 1.165) is 30.6 Å². The molecule has 0 saturated heterocycles. The monoisotopic (exact) mass is 424 g/mol. The summed E-state index contributed by atoms with van der Waals surface area (Å²) in [7, 11) is 0. The van der Waals surface area contributed by atoms with Crippen molar-refractivity contribution in [2.75, 3.05) is 6.61 Å². The normalized spacial score (nSPS) is 14.8. The van der Waals surface area contributed by atoms with Crippen LogP contribution in [0.3, 0.4) is 0 Å². The number of hydrogen-bond acceptors (Lipinski definition) is 3. The lowest BCUT2D eigenvalue weighted by molar-refractivity contribution is -0.144. The molecule has 178 valence electrons. The van der Waals surface area contributed by atoms with E-state index in [-0.39, 0.29) is 5.97 Å². The van der Waals surface area contributed by atoms with Gasteiger partial charge in [0.2, 0.25) is 0 Å². The number of rotatable bonds is 18. The number of carbonyl (C=O) groups is 1. The lowest BCUT2D eigenvalue weighted by Crippen LogP contribution is -2.22. The molecule has 30 heavy (non-hydrogen) atoms. The largest absolute Gasteiger partial charge is 0.466 e. The second-order valence-corrected chi connectivity index (χ2v) is 10.7. The Morgan fingerprint density at radius 3 is 1.97 bits per heavy atom. The molecule has 1 N–H and O–H groups in total. The summed E-state index contributed by atoms with van der Waals surface area (Å²) in [5.41, 5.74) is 0.602. The van der Waals surface area contributed by atoms with Crippen LogP contribution in [0, 0.1) is 17.8 Å². The van der Waals surface area contributed by atoms with Crippen LogP contribution < -0.4 is 0 Å². The van der Waals surface area contributed by atoms with Crippen LogP contribution in [-0.2, 0) is 9.53 Å². The van der Waals surface area contributed by atoms with Crippen LogP contribution in [0.25, 0.3) is 0 Å². The Balaban J connectivity index is 3.74. The Kier molecular flexibility index (Phi) is 16.3. The van der Waals surface area contributed by atoms with E-state index in [0.29, 0.717) is 19.4 Å². The standard InChI is InChI=1S/C27H52O3/c1-22(2)12-8-13-23(3)14-9-15-24(4)16-10-17-25(5)18-11-19-26(28)30-21-20-27(6,7)29/h18,22-24,29H,8-17,19-21H2,1-7H3. The quantitative estimate of drug-likeness (QED) is 0.180. The molecule has 0 fully saturated rings. The summed E-state index contributed by atoms with van der Waals surface area (Å²) in [5.74, 6) is 2.36. The summed E-state index contributed by atoms with van der Waals surface area (Å²) in [4.78, 5) is 11.7. The maximum absolute atomic E-state index is 11.7. The molecule has 0 spiro atoms. The van der Waals surface area contributed by atoms with Crippen molar-refractivity contribution in [2.24, 2.45) is 17.8 Å². The van der Waals surface area contributed by atoms with Crippen molar-refractivity contribution in [3.05, 3.63) is 11.6 Å². The molecule has 3 nitrogen and oxygen atoms in total. The van der Waals surface area contributed by atoms with E-state index in [1.54, 1.807) is 13.8 Å². The predicted octanol–water partition coefficient (Wildman–Crippen LogP) is 7.86. The zero-order valence-corrected chi connectivity index (χ0v) is 21.3. The molecule has 0 amide bonds. The number of esters is 1. The van der Waals surface area contributed by atoms with Crippen molar-refractivity contribution in [1.82, 2.24) is 0 Å². The average Bonchev–Trinajstić information content (AvgIpc) is 2.60. The molecule has 0 aromatic rings. The molecule has 0 aliphatic heterocycles. The highest BCUT2D eigenvalue weighted by atomic mass is 16.5. The van der Waals surface area contributed by atoms with Crippen molar-refractivity contribution in [1.29, 1.82) is 0 Å². The van der Waals surface area contributed by atoms with Crippen molar-refractivity contribution in [3.8, 4) is 0 Å². The molecule has 0 saturated carbocycles. The van der Waals surface area contributed by atoms with Crippen LogP contribution in [0.2, 0.25) is 0 Å². The predicted molar refractivity (Wildman–Crippen MR) is 130 cm³/mol. The van der Waals surface area contributed by atoms with E-state index in [4.69, 9.17) is 4.74 Å². The third-order valence-corrected chi connectivity index (χ3v) is 5.96. The molecule has 2 atom stereocenters. The van der Waals surface area contributed by atoms with Crippen molar-refractivity contribution in [3.63, 3.8) is 0 Å². The second-order valence-electron chi connectivity index (χ2n) is 10.7. The molecule has 0 heterocycles. The molecular formula is C27H52O3. The zero-order valence-electron chi connectivity index (χ0n) is 21.3. The van der Waals surface area contributed by atoms with Gasteiger partial charge in [0.05, 0.1) is 12.2 Å². The zero-order chi connectivity index (χ0) is 23.0. The Bertz CT molecular complexity index is 459. The summed E-state index contributed by atoms with van der Waals surface area (Å²) < 4.78 is 5.17. The third kappa shape index (κ3) is 20.4. The molecule has 0 rings (SSSR count). The second kappa shape index (κ2) is 16.8. The van der Waals surface area contributed by atoms with E-state index in [2.05, 4.69) is 40.7 Å². The van der Waals surface area contributed by atoms with Gasteiger partial charge < -0.3 is 9.84 Å². The summed E-state index contributed by atoms with van der Waals surface area (Å²) in [5, 5.41) is 9.62. The molecule has 0 bridgehead atoms. The van der Waals surface area contributed by atoms with Gasteiger partial charge in [-0.3, -0.25) is 4.79 Å². The summed E-state index contributed by atoms with van der Waals surface area (Å²) in [6.07, 6.45) is 15.8. The first kappa shape index (κ1) is 29.2. The first-order valence-corrected chi connectivity index (χ1v) is 12.5. The van der Waals surface area contributed by atoms with Gasteiger partial charge in [-0.25, -0.2) is 0 Å². The highest BCUT2D eigenvalue weighted by Crippen LogP contribution is 2.22. The van der Waals surface area contributed by atoms with Gasteiger partial charge in [0, 0.05) is 12.8 Å². The Morgan fingerprint density at radius 2 is 1.43 bits per heavy atom. The first-order valence-electron chi connectivity index (χ1n) is 12.5. The van der Waals surface area contributed by atoms with Gasteiger partial charge in [-0.05, 0) is 57.8 Å². The molecule has 0 aromatic heterocycles. The van der Waals surface area contributed by atoms with Gasteiger partial charge in [0.1, 0.15) is 0 Å². The van der Waals surface area contributed by atoms with E-state index in [1.165, 1.54) is 56.9 Å². The molecule has 3 heteroatoms. The first-order chi connectivity index (χ1) is 14.0. The molecule has 0 aliphatic rings. The molecule has 0 aromatic carbocycles. The highest BCUT2D eigenvalue weighted by Gasteiger charge is 2.13. The van der Waals surface area contributed by atoms with Crippen LogP contribution in [0.1, 0.15) is 126 Å². The van der Waals surface area contributed by atoms with Gasteiger partial charge in [-0.1, -0.05) is 84.3 Å². The van der Waals surface area contributed by atoms with E-state index in [9.17, 15) is 9.90 Å². The Hall–Kier alpha value is -0.830. The average molecular weight is 425 g/mol. The van der Waals surface area contributed by atoms with Gasteiger partial charge in [-0.15, -0.1) is 0 Å². The van der Waals surface area contributed by atoms with Gasteiger partial charge in [0.25, 0.3) is 0 Å². The fourth-order valence-electron chi connectivity index (χ4n) is 3.73. The van der Waals surface area contributed by atoms with Crippen LogP contribution in [0.5, 0.6) is 0 Å². The summed E-state index contributed by atoms with van der Waals surface area (Å²) in [6.45, 7) is 15.4. The number of carbonyl (C=O) groups excluding carboxylic acids is 1.